The zero-order chi connectivity index (χ0) is 21.3. The maximum Gasteiger partial charge on any atom is 0.165 e. The van der Waals surface area contributed by atoms with Crippen molar-refractivity contribution in [3.05, 3.63) is 23.3 Å². The Bertz CT molecular complexity index is 942. The van der Waals surface area contributed by atoms with Crippen LogP contribution in [0.1, 0.15) is 64.5 Å². The van der Waals surface area contributed by atoms with Crippen molar-refractivity contribution in [2.24, 2.45) is 16.7 Å². The third-order valence-electron chi connectivity index (χ3n) is 10.4. The minimum absolute atomic E-state index is 0. The standard InChI is InChI=1S/C25H35NO4.ClH/c1-21(2,3)22(4,28)16-13-23-8-9-25(16,29-5)20-24(23)10-11-26-17(23)12-14-6-7-15(27)19(30-20)18(14)24;/h6-7,16-17,20,26-28H,8-13H2,1-5H3;1H/t16?,17-,20-,22-,23-,24+,25+;/m1./s1. The minimum atomic E-state index is -0.910. The van der Waals surface area contributed by atoms with Crippen molar-refractivity contribution in [1.82, 2.24) is 5.32 Å². The molecule has 1 saturated heterocycles. The second kappa shape index (κ2) is 6.11. The topological polar surface area (TPSA) is 71.0 Å². The van der Waals surface area contributed by atoms with Gasteiger partial charge < -0.3 is 25.0 Å². The van der Waals surface area contributed by atoms with E-state index in [4.69, 9.17) is 9.47 Å². The van der Waals surface area contributed by atoms with Gasteiger partial charge in [-0.25, -0.2) is 0 Å². The first-order chi connectivity index (χ1) is 14.1. The van der Waals surface area contributed by atoms with Crippen LogP contribution in [-0.2, 0) is 16.6 Å². The Morgan fingerprint density at radius 3 is 2.58 bits per heavy atom. The van der Waals surface area contributed by atoms with Gasteiger partial charge in [-0.1, -0.05) is 26.8 Å². The predicted octanol–water partition coefficient (Wildman–Crippen LogP) is 3.71. The van der Waals surface area contributed by atoms with Gasteiger partial charge in [0.05, 0.1) is 5.60 Å². The lowest BCUT2D eigenvalue weighted by Crippen LogP contribution is -2.83. The molecule has 7 atom stereocenters. The monoisotopic (exact) mass is 449 g/mol. The molecule has 3 N–H and O–H groups in total. The minimum Gasteiger partial charge on any atom is -0.504 e. The van der Waals surface area contributed by atoms with Gasteiger partial charge in [0, 0.05) is 35.5 Å². The highest BCUT2D eigenvalue weighted by Crippen LogP contribution is 2.77. The van der Waals surface area contributed by atoms with Gasteiger partial charge >= 0.3 is 0 Å². The number of phenols is 1. The Balaban J connectivity index is 0.00000204. The van der Waals surface area contributed by atoms with Crippen LogP contribution in [0.25, 0.3) is 0 Å². The number of hydrogen-bond acceptors (Lipinski definition) is 5. The summed E-state index contributed by atoms with van der Waals surface area (Å²) in [5.74, 6) is 0.887. The predicted molar refractivity (Wildman–Crippen MR) is 121 cm³/mol. The summed E-state index contributed by atoms with van der Waals surface area (Å²) in [6.07, 6.45) is 4.66. The molecule has 2 heterocycles. The lowest BCUT2D eigenvalue weighted by Gasteiger charge is -2.74. The van der Waals surface area contributed by atoms with E-state index < -0.39 is 11.2 Å². The number of piperidine rings is 1. The molecule has 6 aliphatic rings. The SMILES string of the molecule is CO[C@@]12CC[C@@]3(CC1[C@@](C)(O)C(C)(C)C)[C@H]1Cc4ccc(O)c5c4[C@@]3(CCN1)[C@H]2O5.Cl. The van der Waals surface area contributed by atoms with Crippen LogP contribution in [0.5, 0.6) is 11.5 Å². The average Bonchev–Trinajstić information content (AvgIpc) is 3.05. The summed E-state index contributed by atoms with van der Waals surface area (Å²) in [6, 6.07) is 4.26. The lowest BCUT2D eigenvalue weighted by atomic mass is 9.33. The number of ether oxygens (including phenoxy) is 2. The molecule has 4 aliphatic carbocycles. The van der Waals surface area contributed by atoms with Crippen LogP contribution in [0, 0.1) is 16.7 Å². The number of rotatable bonds is 2. The molecule has 31 heavy (non-hydrogen) atoms. The van der Waals surface area contributed by atoms with Crippen LogP contribution in [0.4, 0.5) is 0 Å². The highest BCUT2D eigenvalue weighted by atomic mass is 35.5. The maximum atomic E-state index is 12.0. The van der Waals surface area contributed by atoms with E-state index in [9.17, 15) is 10.2 Å². The highest BCUT2D eigenvalue weighted by Gasteiger charge is 2.81. The van der Waals surface area contributed by atoms with Crippen LogP contribution < -0.4 is 10.1 Å². The average molecular weight is 450 g/mol. The molecule has 0 amide bonds. The van der Waals surface area contributed by atoms with Gasteiger partial charge in [-0.15, -0.1) is 12.4 Å². The Kier molecular flexibility index (Phi) is 4.30. The van der Waals surface area contributed by atoms with Crippen molar-refractivity contribution in [2.75, 3.05) is 13.7 Å². The molecule has 5 nitrogen and oxygen atoms in total. The molecule has 1 aromatic rings. The summed E-state index contributed by atoms with van der Waals surface area (Å²) < 4.78 is 13.2. The molecule has 7 rings (SSSR count). The highest BCUT2D eigenvalue weighted by molar-refractivity contribution is 5.85. The number of aliphatic hydroxyl groups is 1. The molecule has 172 valence electrons. The molecule has 0 radical (unpaired) electrons. The van der Waals surface area contributed by atoms with Crippen molar-refractivity contribution in [3.63, 3.8) is 0 Å². The first kappa shape index (κ1) is 21.8. The second-order valence-electron chi connectivity index (χ2n) is 11.8. The molecule has 2 aliphatic heterocycles. The number of aromatic hydroxyl groups is 1. The second-order valence-corrected chi connectivity index (χ2v) is 11.8. The van der Waals surface area contributed by atoms with Crippen molar-refractivity contribution < 1.29 is 19.7 Å². The molecular formula is C25H36ClNO4. The van der Waals surface area contributed by atoms with Gasteiger partial charge in [-0.3, -0.25) is 0 Å². The van der Waals surface area contributed by atoms with Crippen LogP contribution in [0.2, 0.25) is 0 Å². The number of methoxy groups -OCH3 is 1. The third-order valence-corrected chi connectivity index (χ3v) is 10.4. The fourth-order valence-electron chi connectivity index (χ4n) is 8.53. The molecule has 2 spiro atoms. The quantitative estimate of drug-likeness (QED) is 0.642. The number of fused-ring (bicyclic) bond motifs is 2. The summed E-state index contributed by atoms with van der Waals surface area (Å²) in [6.45, 7) is 9.33. The first-order valence-electron chi connectivity index (χ1n) is 11.6. The van der Waals surface area contributed by atoms with E-state index in [-0.39, 0.29) is 46.4 Å². The molecule has 6 heteroatoms. The molecule has 4 fully saturated rings. The lowest BCUT2D eigenvalue weighted by molar-refractivity contribution is -0.303. The van der Waals surface area contributed by atoms with E-state index in [2.05, 4.69) is 32.2 Å². The Labute approximate surface area is 191 Å². The van der Waals surface area contributed by atoms with Crippen molar-refractivity contribution >= 4 is 12.4 Å². The van der Waals surface area contributed by atoms with Gasteiger partial charge in [-0.2, -0.15) is 0 Å². The molecule has 0 aromatic heterocycles. The smallest absolute Gasteiger partial charge is 0.165 e. The van der Waals surface area contributed by atoms with E-state index in [1.807, 2.05) is 6.92 Å². The number of halogens is 1. The van der Waals surface area contributed by atoms with E-state index in [1.165, 1.54) is 11.1 Å². The zero-order valence-corrected chi connectivity index (χ0v) is 20.1. The Morgan fingerprint density at radius 2 is 1.90 bits per heavy atom. The van der Waals surface area contributed by atoms with Crippen LogP contribution in [-0.4, -0.2) is 47.2 Å². The van der Waals surface area contributed by atoms with Crippen LogP contribution in [0.3, 0.4) is 0 Å². The van der Waals surface area contributed by atoms with Gasteiger partial charge in [0.15, 0.2) is 11.5 Å². The summed E-state index contributed by atoms with van der Waals surface area (Å²) in [5, 5.41) is 26.6. The van der Waals surface area contributed by atoms with Gasteiger partial charge in [0.1, 0.15) is 11.7 Å². The molecule has 3 saturated carbocycles. The summed E-state index contributed by atoms with van der Waals surface area (Å²) in [7, 11) is 1.80. The van der Waals surface area contributed by atoms with Crippen LogP contribution in [0.15, 0.2) is 12.1 Å². The van der Waals surface area contributed by atoms with Gasteiger partial charge in [-0.05, 0) is 62.6 Å². The molecule has 1 aromatic carbocycles. The summed E-state index contributed by atoms with van der Waals surface area (Å²) in [5.41, 5.74) is 0.658. The molecule has 4 bridgehead atoms. The fourth-order valence-corrected chi connectivity index (χ4v) is 8.53. The fraction of sp³-hybridized carbons (Fsp3) is 0.760. The third kappa shape index (κ3) is 2.11. The van der Waals surface area contributed by atoms with Gasteiger partial charge in [0.25, 0.3) is 0 Å². The van der Waals surface area contributed by atoms with Crippen molar-refractivity contribution in [3.8, 4) is 11.5 Å². The summed E-state index contributed by atoms with van der Waals surface area (Å²) in [4.78, 5) is 0. The van der Waals surface area contributed by atoms with E-state index in [0.29, 0.717) is 11.8 Å². The first-order valence-corrected chi connectivity index (χ1v) is 11.6. The van der Waals surface area contributed by atoms with Crippen molar-refractivity contribution in [2.45, 2.75) is 88.6 Å². The maximum absolute atomic E-state index is 12.0. The number of hydrogen-bond donors (Lipinski definition) is 3. The molecule has 1 unspecified atom stereocenters. The normalized spacial score (nSPS) is 43.5. The number of benzene rings is 1. The zero-order valence-electron chi connectivity index (χ0n) is 19.2. The largest absolute Gasteiger partial charge is 0.504 e. The molecular weight excluding hydrogens is 414 g/mol. The van der Waals surface area contributed by atoms with Gasteiger partial charge in [0.2, 0.25) is 0 Å². The number of phenolic OH excluding ortho intramolecular Hbond substituents is 1. The number of nitrogens with one attached hydrogen (secondary N) is 1. The van der Waals surface area contributed by atoms with Crippen molar-refractivity contribution in [1.29, 1.82) is 0 Å². The van der Waals surface area contributed by atoms with E-state index >= 15 is 0 Å². The Morgan fingerprint density at radius 1 is 1.16 bits per heavy atom. The van der Waals surface area contributed by atoms with E-state index in [0.717, 1.165) is 38.6 Å². The summed E-state index contributed by atoms with van der Waals surface area (Å²) >= 11 is 0. The Hall–Kier alpha value is -1.01. The van der Waals surface area contributed by atoms with Crippen LogP contribution >= 0.6 is 12.4 Å². The van der Waals surface area contributed by atoms with E-state index in [1.54, 1.807) is 13.2 Å².